The second-order valence-corrected chi connectivity index (χ2v) is 3.42. The molecule has 0 aliphatic rings. The van der Waals surface area contributed by atoms with Gasteiger partial charge in [-0.2, -0.15) is 0 Å². The van der Waals surface area contributed by atoms with Crippen molar-refractivity contribution in [1.82, 2.24) is 0 Å². The quantitative estimate of drug-likeness (QED) is 0.660. The van der Waals surface area contributed by atoms with E-state index in [4.69, 9.17) is 0 Å². The minimum Gasteiger partial charge on any atom is -0.203 e. The molecule has 76 valence electrons. The van der Waals surface area contributed by atoms with E-state index in [-0.39, 0.29) is 0 Å². The van der Waals surface area contributed by atoms with Crippen LogP contribution in [0, 0.1) is 18.6 Å². The van der Waals surface area contributed by atoms with Crippen LogP contribution < -0.4 is 0 Å². The Balaban J connectivity index is 2.60. The van der Waals surface area contributed by atoms with Crippen molar-refractivity contribution >= 4 is 0 Å². The van der Waals surface area contributed by atoms with Crippen LogP contribution in [-0.2, 0) is 0 Å². The third-order valence-corrected chi connectivity index (χ3v) is 2.36. The van der Waals surface area contributed by atoms with Crippen LogP contribution in [0.25, 0.3) is 11.1 Å². The summed E-state index contributed by atoms with van der Waals surface area (Å²) in [7, 11) is 0. The van der Waals surface area contributed by atoms with Crippen LogP contribution in [0.2, 0.25) is 0 Å². The zero-order valence-corrected chi connectivity index (χ0v) is 8.30. The normalized spacial score (nSPS) is 10.3. The fraction of sp³-hybridized carbons (Fsp3) is 0.0769. The minimum absolute atomic E-state index is 0.304. The lowest BCUT2D eigenvalue weighted by atomic mass is 10.0. The van der Waals surface area contributed by atoms with E-state index in [0.29, 0.717) is 16.7 Å². The summed E-state index contributed by atoms with van der Waals surface area (Å²) in [5.41, 5.74) is 1.32. The standard InChI is InChI=1S/C13H10F2/c1-9-7-8-11(13(15)12(9)14)10-5-3-2-4-6-10/h2-8H,1H3. The molecule has 0 saturated heterocycles. The van der Waals surface area contributed by atoms with E-state index in [0.717, 1.165) is 0 Å². The highest BCUT2D eigenvalue weighted by molar-refractivity contribution is 5.64. The molecule has 0 nitrogen and oxygen atoms in total. The molecule has 0 aliphatic carbocycles. The molecule has 0 saturated carbocycles. The minimum atomic E-state index is -0.777. The van der Waals surface area contributed by atoms with Gasteiger partial charge in [0.15, 0.2) is 11.6 Å². The Kier molecular flexibility index (Phi) is 2.50. The van der Waals surface area contributed by atoms with E-state index >= 15 is 0 Å². The van der Waals surface area contributed by atoms with Gasteiger partial charge in [0.25, 0.3) is 0 Å². The van der Waals surface area contributed by atoms with Gasteiger partial charge in [0.05, 0.1) is 0 Å². The Morgan fingerprint density at radius 2 is 1.47 bits per heavy atom. The van der Waals surface area contributed by atoms with Gasteiger partial charge < -0.3 is 0 Å². The molecule has 0 spiro atoms. The van der Waals surface area contributed by atoms with Gasteiger partial charge in [0.2, 0.25) is 0 Å². The summed E-state index contributed by atoms with van der Waals surface area (Å²) < 4.78 is 26.9. The van der Waals surface area contributed by atoms with Crippen molar-refractivity contribution in [3.63, 3.8) is 0 Å². The third kappa shape index (κ3) is 1.75. The maximum absolute atomic E-state index is 13.6. The zero-order valence-electron chi connectivity index (χ0n) is 8.30. The van der Waals surface area contributed by atoms with Gasteiger partial charge >= 0.3 is 0 Å². The summed E-state index contributed by atoms with van der Waals surface area (Å²) in [4.78, 5) is 0. The van der Waals surface area contributed by atoms with Crippen molar-refractivity contribution in [2.24, 2.45) is 0 Å². The first-order valence-corrected chi connectivity index (χ1v) is 4.70. The van der Waals surface area contributed by atoms with Crippen LogP contribution in [0.15, 0.2) is 42.5 Å². The van der Waals surface area contributed by atoms with Crippen LogP contribution in [-0.4, -0.2) is 0 Å². The Morgan fingerprint density at radius 1 is 0.800 bits per heavy atom. The summed E-state index contributed by atoms with van der Waals surface area (Å²) in [5.74, 6) is -1.54. The molecule has 0 heterocycles. The maximum atomic E-state index is 13.6. The number of rotatable bonds is 1. The van der Waals surface area contributed by atoms with E-state index < -0.39 is 11.6 Å². The van der Waals surface area contributed by atoms with Crippen molar-refractivity contribution in [3.05, 3.63) is 59.7 Å². The fourth-order valence-electron chi connectivity index (χ4n) is 1.49. The van der Waals surface area contributed by atoms with Gasteiger partial charge in [-0.15, -0.1) is 0 Å². The lowest BCUT2D eigenvalue weighted by Gasteiger charge is -2.05. The highest BCUT2D eigenvalue weighted by Gasteiger charge is 2.11. The summed E-state index contributed by atoms with van der Waals surface area (Å²) in [5, 5.41) is 0. The fourth-order valence-corrected chi connectivity index (χ4v) is 1.49. The number of aryl methyl sites for hydroxylation is 1. The maximum Gasteiger partial charge on any atom is 0.166 e. The van der Waals surface area contributed by atoms with Crippen molar-refractivity contribution in [1.29, 1.82) is 0 Å². The van der Waals surface area contributed by atoms with E-state index in [1.54, 1.807) is 43.3 Å². The average Bonchev–Trinajstić information content (AvgIpc) is 2.27. The molecule has 2 aromatic carbocycles. The highest BCUT2D eigenvalue weighted by Crippen LogP contribution is 2.25. The largest absolute Gasteiger partial charge is 0.203 e. The first-order valence-electron chi connectivity index (χ1n) is 4.70. The average molecular weight is 204 g/mol. The second-order valence-electron chi connectivity index (χ2n) is 3.42. The van der Waals surface area contributed by atoms with Crippen molar-refractivity contribution in [3.8, 4) is 11.1 Å². The Bertz CT molecular complexity index is 475. The van der Waals surface area contributed by atoms with Crippen LogP contribution in [0.1, 0.15) is 5.56 Å². The van der Waals surface area contributed by atoms with Crippen molar-refractivity contribution in [2.75, 3.05) is 0 Å². The monoisotopic (exact) mass is 204 g/mol. The van der Waals surface area contributed by atoms with E-state index in [1.807, 2.05) is 6.07 Å². The molecule has 0 radical (unpaired) electrons. The van der Waals surface area contributed by atoms with Crippen molar-refractivity contribution in [2.45, 2.75) is 6.92 Å². The molecule has 0 atom stereocenters. The molecule has 0 unspecified atom stereocenters. The second kappa shape index (κ2) is 3.81. The summed E-state index contributed by atoms with van der Waals surface area (Å²) in [6.07, 6.45) is 0. The SMILES string of the molecule is Cc1ccc(-c2ccccc2)c(F)c1F. The third-order valence-electron chi connectivity index (χ3n) is 2.36. The predicted octanol–water partition coefficient (Wildman–Crippen LogP) is 3.94. The van der Waals surface area contributed by atoms with E-state index in [9.17, 15) is 8.78 Å². The molecule has 0 aromatic heterocycles. The molecular weight excluding hydrogens is 194 g/mol. The Labute approximate surface area is 87.2 Å². The predicted molar refractivity (Wildman–Crippen MR) is 56.5 cm³/mol. The van der Waals surface area contributed by atoms with E-state index in [2.05, 4.69) is 0 Å². The molecule has 2 aromatic rings. The summed E-state index contributed by atoms with van der Waals surface area (Å²) in [6, 6.07) is 12.1. The molecule has 2 heteroatoms. The highest BCUT2D eigenvalue weighted by atomic mass is 19.2. The Morgan fingerprint density at radius 3 is 2.13 bits per heavy atom. The molecule has 0 bridgehead atoms. The molecule has 0 aliphatic heterocycles. The summed E-state index contributed by atoms with van der Waals surface area (Å²) >= 11 is 0. The molecular formula is C13H10F2. The topological polar surface area (TPSA) is 0 Å². The molecule has 2 rings (SSSR count). The van der Waals surface area contributed by atoms with Crippen LogP contribution in [0.4, 0.5) is 8.78 Å². The summed E-state index contributed by atoms with van der Waals surface area (Å²) in [6.45, 7) is 1.55. The van der Waals surface area contributed by atoms with Gasteiger partial charge in [-0.1, -0.05) is 42.5 Å². The number of benzene rings is 2. The first kappa shape index (κ1) is 9.84. The first-order chi connectivity index (χ1) is 7.20. The smallest absolute Gasteiger partial charge is 0.166 e. The van der Waals surface area contributed by atoms with Crippen LogP contribution in [0.3, 0.4) is 0 Å². The van der Waals surface area contributed by atoms with Crippen LogP contribution in [0.5, 0.6) is 0 Å². The van der Waals surface area contributed by atoms with Gasteiger partial charge in [0.1, 0.15) is 0 Å². The Hall–Kier alpha value is -1.70. The van der Waals surface area contributed by atoms with Crippen molar-refractivity contribution < 1.29 is 8.78 Å². The lowest BCUT2D eigenvalue weighted by molar-refractivity contribution is 0.505. The van der Waals surface area contributed by atoms with Gasteiger partial charge in [-0.3, -0.25) is 0 Å². The van der Waals surface area contributed by atoms with Crippen LogP contribution >= 0.6 is 0 Å². The molecule has 15 heavy (non-hydrogen) atoms. The number of hydrogen-bond acceptors (Lipinski definition) is 0. The lowest BCUT2D eigenvalue weighted by Crippen LogP contribution is -1.92. The molecule has 0 fully saturated rings. The van der Waals surface area contributed by atoms with Gasteiger partial charge in [-0.25, -0.2) is 8.78 Å². The number of halogens is 2. The zero-order chi connectivity index (χ0) is 10.8. The van der Waals surface area contributed by atoms with E-state index in [1.165, 1.54) is 0 Å². The molecule has 0 N–H and O–H groups in total. The number of hydrogen-bond donors (Lipinski definition) is 0. The molecule has 0 amide bonds. The van der Waals surface area contributed by atoms with Gasteiger partial charge in [-0.05, 0) is 18.1 Å². The van der Waals surface area contributed by atoms with Gasteiger partial charge in [0, 0.05) is 5.56 Å².